The molecule has 4 rings (SSSR count). The zero-order valence-corrected chi connectivity index (χ0v) is 18.6. The van der Waals surface area contributed by atoms with Crippen LogP contribution in [0.3, 0.4) is 0 Å². The zero-order chi connectivity index (χ0) is 24.1. The molecule has 9 nitrogen and oxygen atoms in total. The molecule has 0 amide bonds. The van der Waals surface area contributed by atoms with Gasteiger partial charge in [0.1, 0.15) is 11.9 Å². The number of nitrogens with one attached hydrogen (secondary N) is 2. The van der Waals surface area contributed by atoms with Gasteiger partial charge in [-0.2, -0.15) is 4.98 Å². The highest BCUT2D eigenvalue weighted by Gasteiger charge is 2.32. The van der Waals surface area contributed by atoms with Crippen LogP contribution in [0.2, 0.25) is 0 Å². The Morgan fingerprint density at radius 2 is 1.88 bits per heavy atom. The average Bonchev–Trinajstić information content (AvgIpc) is 2.76. The van der Waals surface area contributed by atoms with Gasteiger partial charge < -0.3 is 20.3 Å². The fraction of sp³-hybridized carbons (Fsp3) is 0.545. The normalized spacial score (nSPS) is 20.9. The van der Waals surface area contributed by atoms with E-state index in [1.807, 2.05) is 0 Å². The molecule has 2 heterocycles. The molecule has 1 aromatic carbocycles. The SMILES string of the molecule is O=[N+]([O-])c1cnc(NCc2ccccc2OC(F)(F)F)nc1NC[C@H]1CC[C@H](N2CCC2)CC1. The number of ether oxygens (including phenoxy) is 1. The van der Waals surface area contributed by atoms with Crippen molar-refractivity contribution in [2.24, 2.45) is 5.92 Å². The molecule has 12 heteroatoms. The number of hydrogen-bond donors (Lipinski definition) is 2. The minimum Gasteiger partial charge on any atom is -0.405 e. The molecule has 0 radical (unpaired) electrons. The highest BCUT2D eigenvalue weighted by Crippen LogP contribution is 2.31. The number of hydrogen-bond acceptors (Lipinski definition) is 8. The number of aromatic nitrogens is 2. The number of halogens is 3. The van der Waals surface area contributed by atoms with Crippen LogP contribution in [0, 0.1) is 16.0 Å². The molecule has 1 aromatic heterocycles. The van der Waals surface area contributed by atoms with Crippen LogP contribution < -0.4 is 15.4 Å². The van der Waals surface area contributed by atoms with Crippen molar-refractivity contribution in [3.05, 3.63) is 46.1 Å². The largest absolute Gasteiger partial charge is 0.573 e. The third kappa shape index (κ3) is 6.25. The lowest BCUT2D eigenvalue weighted by Crippen LogP contribution is -2.46. The summed E-state index contributed by atoms with van der Waals surface area (Å²) in [4.78, 5) is 21.6. The summed E-state index contributed by atoms with van der Waals surface area (Å²) in [6, 6.07) is 6.37. The molecule has 2 N–H and O–H groups in total. The Balaban J connectivity index is 1.37. The number of para-hydroxylation sites is 1. The van der Waals surface area contributed by atoms with E-state index in [2.05, 4.69) is 30.2 Å². The molecule has 34 heavy (non-hydrogen) atoms. The summed E-state index contributed by atoms with van der Waals surface area (Å²) in [5, 5.41) is 17.4. The van der Waals surface area contributed by atoms with Gasteiger partial charge in [-0.25, -0.2) is 4.98 Å². The van der Waals surface area contributed by atoms with Crippen LogP contribution in [0.25, 0.3) is 0 Å². The molecule has 2 aliphatic rings. The fourth-order valence-electron chi connectivity index (χ4n) is 4.43. The van der Waals surface area contributed by atoms with Crippen molar-refractivity contribution in [3.8, 4) is 5.75 Å². The smallest absolute Gasteiger partial charge is 0.405 e. The van der Waals surface area contributed by atoms with Crippen molar-refractivity contribution in [2.75, 3.05) is 30.3 Å². The number of anilines is 2. The first-order chi connectivity index (χ1) is 16.3. The van der Waals surface area contributed by atoms with E-state index in [0.717, 1.165) is 31.9 Å². The van der Waals surface area contributed by atoms with Gasteiger partial charge >= 0.3 is 12.0 Å². The average molecular weight is 480 g/mol. The van der Waals surface area contributed by atoms with Gasteiger partial charge in [0.2, 0.25) is 11.8 Å². The Morgan fingerprint density at radius 3 is 2.53 bits per heavy atom. The Kier molecular flexibility index (Phi) is 7.35. The van der Waals surface area contributed by atoms with Gasteiger partial charge in [-0.3, -0.25) is 10.1 Å². The number of nitro groups is 1. The summed E-state index contributed by atoms with van der Waals surface area (Å²) in [5.41, 5.74) is -0.00382. The Hall–Kier alpha value is -3.15. The lowest BCUT2D eigenvalue weighted by atomic mass is 9.84. The molecule has 1 aliphatic carbocycles. The number of benzene rings is 1. The maximum absolute atomic E-state index is 12.6. The van der Waals surface area contributed by atoms with E-state index < -0.39 is 11.3 Å². The second-order valence-electron chi connectivity index (χ2n) is 8.64. The van der Waals surface area contributed by atoms with E-state index >= 15 is 0 Å². The number of rotatable bonds is 9. The van der Waals surface area contributed by atoms with Crippen molar-refractivity contribution in [2.45, 2.75) is 51.1 Å². The van der Waals surface area contributed by atoms with Gasteiger partial charge in [0.05, 0.1) is 4.92 Å². The Bertz CT molecular complexity index is 994. The zero-order valence-electron chi connectivity index (χ0n) is 18.6. The maximum atomic E-state index is 12.6. The summed E-state index contributed by atoms with van der Waals surface area (Å²) < 4.78 is 42.0. The van der Waals surface area contributed by atoms with Gasteiger partial charge in [-0.15, -0.1) is 13.2 Å². The molecule has 0 spiro atoms. The van der Waals surface area contributed by atoms with Crippen LogP contribution >= 0.6 is 0 Å². The lowest BCUT2D eigenvalue weighted by molar-refractivity contribution is -0.384. The van der Waals surface area contributed by atoms with Gasteiger partial charge in [-0.1, -0.05) is 18.2 Å². The number of alkyl halides is 3. The van der Waals surface area contributed by atoms with Crippen molar-refractivity contribution in [1.82, 2.24) is 14.9 Å². The van der Waals surface area contributed by atoms with Crippen molar-refractivity contribution in [3.63, 3.8) is 0 Å². The molecular weight excluding hydrogens is 453 g/mol. The summed E-state index contributed by atoms with van der Waals surface area (Å²) >= 11 is 0. The lowest BCUT2D eigenvalue weighted by Gasteiger charge is -2.42. The summed E-state index contributed by atoms with van der Waals surface area (Å²) in [7, 11) is 0. The van der Waals surface area contributed by atoms with Crippen LogP contribution in [0.4, 0.5) is 30.6 Å². The van der Waals surface area contributed by atoms with E-state index in [1.165, 1.54) is 37.7 Å². The molecule has 1 aliphatic heterocycles. The van der Waals surface area contributed by atoms with Crippen LogP contribution in [0.5, 0.6) is 5.75 Å². The van der Waals surface area contributed by atoms with Crippen molar-refractivity contribution < 1.29 is 22.8 Å². The van der Waals surface area contributed by atoms with Crippen molar-refractivity contribution in [1.29, 1.82) is 0 Å². The van der Waals surface area contributed by atoms with Crippen LogP contribution in [-0.2, 0) is 6.54 Å². The second kappa shape index (κ2) is 10.4. The van der Waals surface area contributed by atoms with E-state index in [0.29, 0.717) is 18.5 Å². The Labute approximate surface area is 194 Å². The molecule has 2 aromatic rings. The maximum Gasteiger partial charge on any atom is 0.573 e. The van der Waals surface area contributed by atoms with Gasteiger partial charge in [0.15, 0.2) is 0 Å². The van der Waals surface area contributed by atoms with Crippen LogP contribution in [-0.4, -0.2) is 51.8 Å². The standard InChI is InChI=1S/C22H27F3N6O3/c23-22(24,25)34-19-5-2-1-4-16(19)13-27-21-28-14-18(31(32)33)20(29-21)26-12-15-6-8-17(9-7-15)30-10-3-11-30/h1-2,4-5,14-15,17H,3,6-13H2,(H2,26,27,28,29)/t15-,17-. The molecular formula is C22H27F3N6O3. The topological polar surface area (TPSA) is 105 Å². The third-order valence-electron chi connectivity index (χ3n) is 6.38. The highest BCUT2D eigenvalue weighted by atomic mass is 19.4. The summed E-state index contributed by atoms with van der Waals surface area (Å²) in [5.74, 6) is 0.218. The first-order valence-corrected chi connectivity index (χ1v) is 11.4. The minimum atomic E-state index is -4.81. The molecule has 0 unspecified atom stereocenters. The van der Waals surface area contributed by atoms with E-state index in [-0.39, 0.29) is 35.3 Å². The number of nitrogens with zero attached hydrogens (tertiary/aromatic N) is 4. The van der Waals surface area contributed by atoms with Gasteiger partial charge in [-0.05, 0) is 57.2 Å². The molecule has 0 atom stereocenters. The predicted octanol–water partition coefficient (Wildman–Crippen LogP) is 4.57. The van der Waals surface area contributed by atoms with Gasteiger partial charge in [0.25, 0.3) is 0 Å². The van der Waals surface area contributed by atoms with Crippen LogP contribution in [0.1, 0.15) is 37.7 Å². The van der Waals surface area contributed by atoms with Crippen LogP contribution in [0.15, 0.2) is 30.5 Å². The summed E-state index contributed by atoms with van der Waals surface area (Å²) in [6.07, 6.45) is 1.91. The third-order valence-corrected chi connectivity index (χ3v) is 6.38. The first kappa shape index (κ1) is 24.0. The molecule has 1 saturated carbocycles. The molecule has 0 bridgehead atoms. The predicted molar refractivity (Wildman–Crippen MR) is 120 cm³/mol. The Morgan fingerprint density at radius 1 is 1.15 bits per heavy atom. The van der Waals surface area contributed by atoms with E-state index in [1.54, 1.807) is 6.07 Å². The van der Waals surface area contributed by atoms with Crippen molar-refractivity contribution >= 4 is 17.5 Å². The fourth-order valence-corrected chi connectivity index (χ4v) is 4.43. The van der Waals surface area contributed by atoms with E-state index in [9.17, 15) is 23.3 Å². The first-order valence-electron chi connectivity index (χ1n) is 11.4. The van der Waals surface area contributed by atoms with Gasteiger partial charge in [0, 0.05) is 24.7 Å². The quantitative estimate of drug-likeness (QED) is 0.397. The summed E-state index contributed by atoms with van der Waals surface area (Å²) in [6.45, 7) is 2.88. The number of likely N-dealkylation sites (tertiary alicyclic amines) is 1. The highest BCUT2D eigenvalue weighted by molar-refractivity contribution is 5.57. The second-order valence-corrected chi connectivity index (χ2v) is 8.64. The molecule has 184 valence electrons. The minimum absolute atomic E-state index is 0.0516. The molecule has 1 saturated heterocycles. The van der Waals surface area contributed by atoms with E-state index in [4.69, 9.17) is 0 Å². The molecule has 2 fully saturated rings. The monoisotopic (exact) mass is 480 g/mol.